The Morgan fingerprint density at radius 2 is 1.96 bits per heavy atom. The Morgan fingerprint density at radius 3 is 2.70 bits per heavy atom. The highest BCUT2D eigenvalue weighted by molar-refractivity contribution is 7.17. The highest BCUT2D eigenvalue weighted by atomic mass is 32.1. The van der Waals surface area contributed by atoms with Gasteiger partial charge in [0.2, 0.25) is 0 Å². The summed E-state index contributed by atoms with van der Waals surface area (Å²) in [4.78, 5) is 4.68. The zero-order valence-electron chi connectivity index (χ0n) is 15.9. The molecular weight excluding hydrogens is 352 g/mol. The third kappa shape index (κ3) is 3.31. The first-order valence-electron chi connectivity index (χ1n) is 9.39. The number of thiophene rings is 1. The Kier molecular flexibility index (Phi) is 4.85. The number of pyridine rings is 1. The van der Waals surface area contributed by atoms with Gasteiger partial charge in [-0.2, -0.15) is 0 Å². The maximum atomic E-state index is 10.8. The molecule has 2 N–H and O–H groups in total. The molecule has 0 saturated carbocycles. The lowest BCUT2D eigenvalue weighted by molar-refractivity contribution is 0.477. The van der Waals surface area contributed by atoms with E-state index in [1.807, 2.05) is 19.2 Å². The zero-order valence-corrected chi connectivity index (χ0v) is 16.7. The quantitative estimate of drug-likeness (QED) is 0.472. The fourth-order valence-corrected chi connectivity index (χ4v) is 4.60. The molecule has 0 radical (unpaired) electrons. The first kappa shape index (κ1) is 18.0. The molecule has 1 atom stereocenters. The lowest BCUT2D eigenvalue weighted by Crippen LogP contribution is -2.27. The van der Waals surface area contributed by atoms with Crippen LogP contribution in [0.15, 0.2) is 48.0 Å². The Labute approximate surface area is 163 Å². The number of likely N-dealkylation sites (N-methyl/N-ethyl adjacent to an activating group) is 1. The lowest BCUT2D eigenvalue weighted by atomic mass is 9.94. The number of nitrogens with zero attached hydrogens (tertiary/aromatic N) is 1. The minimum atomic E-state index is 0.314. The molecular formula is C23H24N2OS. The van der Waals surface area contributed by atoms with E-state index in [0.29, 0.717) is 11.8 Å². The van der Waals surface area contributed by atoms with Crippen molar-refractivity contribution in [1.82, 2.24) is 10.3 Å². The minimum Gasteiger partial charge on any atom is -0.507 e. The van der Waals surface area contributed by atoms with E-state index in [9.17, 15) is 5.11 Å². The summed E-state index contributed by atoms with van der Waals surface area (Å²) in [6.45, 7) is 7.31. The monoisotopic (exact) mass is 376 g/mol. The number of hydrogen-bond donors (Lipinski definition) is 2. The third-order valence-corrected chi connectivity index (χ3v) is 5.93. The lowest BCUT2D eigenvalue weighted by Gasteiger charge is -2.15. The average molecular weight is 377 g/mol. The van der Waals surface area contributed by atoms with Crippen molar-refractivity contribution >= 4 is 32.3 Å². The number of aromatic hydroxyl groups is 1. The molecule has 1 unspecified atom stereocenters. The van der Waals surface area contributed by atoms with E-state index in [-0.39, 0.29) is 0 Å². The molecule has 0 aliphatic carbocycles. The number of phenols is 1. The second-order valence-corrected chi connectivity index (χ2v) is 8.08. The first-order chi connectivity index (χ1) is 13.1. The van der Waals surface area contributed by atoms with E-state index in [0.717, 1.165) is 50.6 Å². The van der Waals surface area contributed by atoms with E-state index in [1.54, 1.807) is 11.3 Å². The standard InChI is InChI=1S/C23H24N2OS/c1-4-24-15(3)12-16-5-7-17(8-6-16)21-19(26)11-14(2)23-22(21)18-9-10-27-20(18)13-25-23/h5-11,13,15,24,26H,4,12H2,1-3H3. The molecule has 2 aromatic heterocycles. The second kappa shape index (κ2) is 7.29. The van der Waals surface area contributed by atoms with Gasteiger partial charge in [-0.25, -0.2) is 0 Å². The maximum absolute atomic E-state index is 10.8. The van der Waals surface area contributed by atoms with Crippen molar-refractivity contribution in [2.24, 2.45) is 0 Å². The second-order valence-electron chi connectivity index (χ2n) is 7.13. The highest BCUT2D eigenvalue weighted by Gasteiger charge is 2.16. The van der Waals surface area contributed by atoms with Crippen LogP contribution in [0, 0.1) is 6.92 Å². The number of phenolic OH excluding ortho intramolecular Hbond substituents is 1. The van der Waals surface area contributed by atoms with Crippen molar-refractivity contribution in [3.05, 3.63) is 59.1 Å². The summed E-state index contributed by atoms with van der Waals surface area (Å²) in [6, 6.07) is 12.9. The maximum Gasteiger partial charge on any atom is 0.124 e. The van der Waals surface area contributed by atoms with Crippen LogP contribution in [0.1, 0.15) is 25.0 Å². The molecule has 27 heavy (non-hydrogen) atoms. The van der Waals surface area contributed by atoms with Gasteiger partial charge >= 0.3 is 0 Å². The summed E-state index contributed by atoms with van der Waals surface area (Å²) in [6.07, 6.45) is 2.92. The average Bonchev–Trinajstić information content (AvgIpc) is 3.12. The van der Waals surface area contributed by atoms with Crippen molar-refractivity contribution < 1.29 is 5.11 Å². The smallest absolute Gasteiger partial charge is 0.124 e. The number of aromatic nitrogens is 1. The molecule has 0 bridgehead atoms. The van der Waals surface area contributed by atoms with Crippen LogP contribution in [0.25, 0.3) is 32.1 Å². The fourth-order valence-electron chi connectivity index (χ4n) is 3.84. The van der Waals surface area contributed by atoms with Gasteiger partial charge in [0, 0.05) is 28.6 Å². The van der Waals surface area contributed by atoms with Crippen molar-refractivity contribution in [3.63, 3.8) is 0 Å². The molecule has 0 spiro atoms. The van der Waals surface area contributed by atoms with Gasteiger partial charge in [0.15, 0.2) is 0 Å². The third-order valence-electron chi connectivity index (χ3n) is 5.08. The largest absolute Gasteiger partial charge is 0.507 e. The molecule has 3 nitrogen and oxygen atoms in total. The molecule has 0 aliphatic heterocycles. The molecule has 138 valence electrons. The van der Waals surface area contributed by atoms with Gasteiger partial charge in [-0.05, 0) is 61.0 Å². The number of aryl methyl sites for hydroxylation is 1. The molecule has 0 saturated heterocycles. The van der Waals surface area contributed by atoms with Gasteiger partial charge in [0.05, 0.1) is 10.2 Å². The Bertz CT molecular complexity index is 1100. The van der Waals surface area contributed by atoms with Crippen LogP contribution in [0.2, 0.25) is 0 Å². The van der Waals surface area contributed by atoms with E-state index < -0.39 is 0 Å². The van der Waals surface area contributed by atoms with Gasteiger partial charge in [-0.3, -0.25) is 4.98 Å². The highest BCUT2D eigenvalue weighted by Crippen LogP contribution is 2.41. The fraction of sp³-hybridized carbons (Fsp3) is 0.261. The Hall–Kier alpha value is -2.43. The molecule has 4 heteroatoms. The van der Waals surface area contributed by atoms with Crippen molar-refractivity contribution in [2.75, 3.05) is 6.54 Å². The van der Waals surface area contributed by atoms with Gasteiger partial charge in [-0.15, -0.1) is 11.3 Å². The normalized spacial score (nSPS) is 12.7. The number of nitrogens with one attached hydrogen (secondary N) is 1. The Morgan fingerprint density at radius 1 is 1.19 bits per heavy atom. The number of benzene rings is 2. The molecule has 2 heterocycles. The van der Waals surface area contributed by atoms with E-state index in [4.69, 9.17) is 0 Å². The molecule has 4 aromatic rings. The predicted octanol–water partition coefficient (Wildman–Crippen LogP) is 5.67. The van der Waals surface area contributed by atoms with Crippen LogP contribution in [0.3, 0.4) is 0 Å². The van der Waals surface area contributed by atoms with Crippen molar-refractivity contribution in [1.29, 1.82) is 0 Å². The summed E-state index contributed by atoms with van der Waals surface area (Å²) in [5, 5.41) is 18.5. The topological polar surface area (TPSA) is 45.1 Å². The molecule has 2 aromatic carbocycles. The van der Waals surface area contributed by atoms with Crippen LogP contribution in [0.5, 0.6) is 5.75 Å². The molecule has 0 aliphatic rings. The van der Waals surface area contributed by atoms with E-state index in [1.165, 1.54) is 5.56 Å². The van der Waals surface area contributed by atoms with Crippen LogP contribution in [-0.4, -0.2) is 22.7 Å². The zero-order chi connectivity index (χ0) is 19.0. The first-order valence-corrected chi connectivity index (χ1v) is 10.3. The molecule has 0 fully saturated rings. The van der Waals surface area contributed by atoms with Crippen molar-refractivity contribution in [2.45, 2.75) is 33.2 Å². The van der Waals surface area contributed by atoms with Gasteiger partial charge in [0.25, 0.3) is 0 Å². The number of hydrogen-bond acceptors (Lipinski definition) is 4. The van der Waals surface area contributed by atoms with Crippen LogP contribution in [0.4, 0.5) is 0 Å². The number of rotatable bonds is 5. The van der Waals surface area contributed by atoms with Gasteiger partial charge in [0.1, 0.15) is 5.75 Å². The summed E-state index contributed by atoms with van der Waals surface area (Å²) >= 11 is 1.68. The van der Waals surface area contributed by atoms with E-state index >= 15 is 0 Å². The SMILES string of the molecule is CCNC(C)Cc1ccc(-c2c(O)cc(C)c3ncc4sccc4c23)cc1. The van der Waals surface area contributed by atoms with Gasteiger partial charge in [-0.1, -0.05) is 31.2 Å². The minimum absolute atomic E-state index is 0.314. The molecule has 0 amide bonds. The Balaban J connectivity index is 1.85. The number of fused-ring (bicyclic) bond motifs is 3. The molecule has 4 rings (SSSR count). The van der Waals surface area contributed by atoms with Crippen LogP contribution >= 0.6 is 11.3 Å². The van der Waals surface area contributed by atoms with Crippen LogP contribution < -0.4 is 5.32 Å². The summed E-state index contributed by atoms with van der Waals surface area (Å²) in [7, 11) is 0. The summed E-state index contributed by atoms with van der Waals surface area (Å²) in [5.41, 5.74) is 5.15. The summed E-state index contributed by atoms with van der Waals surface area (Å²) < 4.78 is 1.14. The van der Waals surface area contributed by atoms with Crippen LogP contribution in [-0.2, 0) is 6.42 Å². The van der Waals surface area contributed by atoms with E-state index in [2.05, 4.69) is 59.9 Å². The predicted molar refractivity (Wildman–Crippen MR) is 116 cm³/mol. The van der Waals surface area contributed by atoms with Gasteiger partial charge < -0.3 is 10.4 Å². The van der Waals surface area contributed by atoms with Crippen molar-refractivity contribution in [3.8, 4) is 16.9 Å². The summed E-state index contributed by atoms with van der Waals surface area (Å²) in [5.74, 6) is 0.314.